The van der Waals surface area contributed by atoms with Gasteiger partial charge in [0, 0.05) is 63.6 Å². The molecule has 1 aromatic carbocycles. The van der Waals surface area contributed by atoms with Gasteiger partial charge < -0.3 is 19.4 Å². The Morgan fingerprint density at radius 3 is 2.73 bits per heavy atom. The fourth-order valence-electron chi connectivity index (χ4n) is 5.87. The molecule has 0 bridgehead atoms. The van der Waals surface area contributed by atoms with Gasteiger partial charge >= 0.3 is 0 Å². The van der Waals surface area contributed by atoms with E-state index >= 15 is 0 Å². The number of aryl methyl sites for hydroxylation is 1. The molecule has 37 heavy (non-hydrogen) atoms. The average Bonchev–Trinajstić information content (AvgIpc) is 3.37. The minimum Gasteiger partial charge on any atom is -0.385 e. The monoisotopic (exact) mass is 509 g/mol. The maximum atomic E-state index is 13.9. The number of rotatable bonds is 8. The van der Waals surface area contributed by atoms with Crippen LogP contribution in [0.1, 0.15) is 61.5 Å². The number of carbonyl (C=O) groups excluding carboxylic acids is 1. The summed E-state index contributed by atoms with van der Waals surface area (Å²) in [4.78, 5) is 34.3. The molecule has 3 aromatic rings. The predicted molar refractivity (Wildman–Crippen MR) is 144 cm³/mol. The summed E-state index contributed by atoms with van der Waals surface area (Å²) in [6, 6.07) is 4.47. The number of aromatic nitrogens is 3. The Morgan fingerprint density at radius 2 is 2.00 bits per heavy atom. The van der Waals surface area contributed by atoms with Crippen LogP contribution in [0.4, 0.5) is 0 Å². The Hall–Kier alpha value is -2.75. The fraction of sp³-hybridized carbons (Fsp3) is 0.607. The van der Waals surface area contributed by atoms with Crippen molar-refractivity contribution < 1.29 is 14.3 Å². The first-order chi connectivity index (χ1) is 18.0. The lowest BCUT2D eigenvalue weighted by atomic mass is 9.98. The SMILES string of the molecule is CCc1cc2[nH]c(=O)c3cnn(C4CCOCC4)c3c2cc1C(=O)N1CCN(CCCCOC)[C@H](C)C1. The summed E-state index contributed by atoms with van der Waals surface area (Å²) in [6.45, 7) is 9.77. The Bertz CT molecular complexity index is 1310. The molecule has 2 fully saturated rings. The van der Waals surface area contributed by atoms with E-state index in [-0.39, 0.29) is 17.5 Å². The molecule has 1 atom stereocenters. The Balaban J connectivity index is 1.46. The molecule has 2 saturated heterocycles. The number of piperazine rings is 1. The fourth-order valence-corrected chi connectivity index (χ4v) is 5.87. The van der Waals surface area contributed by atoms with Gasteiger partial charge in [0.25, 0.3) is 11.5 Å². The number of hydrogen-bond acceptors (Lipinski definition) is 6. The maximum Gasteiger partial charge on any atom is 0.259 e. The number of H-pyrrole nitrogens is 1. The molecular weight excluding hydrogens is 470 g/mol. The number of methoxy groups -OCH3 is 1. The molecule has 0 radical (unpaired) electrons. The first-order valence-corrected chi connectivity index (χ1v) is 13.7. The number of nitrogens with zero attached hydrogens (tertiary/aromatic N) is 4. The van der Waals surface area contributed by atoms with Crippen LogP contribution >= 0.6 is 0 Å². The molecule has 1 N–H and O–H groups in total. The Kier molecular flexibility index (Phi) is 7.92. The van der Waals surface area contributed by atoms with Crippen LogP contribution in [0.3, 0.4) is 0 Å². The van der Waals surface area contributed by atoms with E-state index in [9.17, 15) is 9.59 Å². The van der Waals surface area contributed by atoms with Gasteiger partial charge in [-0.15, -0.1) is 0 Å². The number of pyridine rings is 1. The highest BCUT2D eigenvalue weighted by molar-refractivity contribution is 6.07. The van der Waals surface area contributed by atoms with Crippen LogP contribution in [0, 0.1) is 0 Å². The summed E-state index contributed by atoms with van der Waals surface area (Å²) in [5, 5.41) is 6.07. The molecular formula is C28H39N5O4. The second-order valence-corrected chi connectivity index (χ2v) is 10.4. The summed E-state index contributed by atoms with van der Waals surface area (Å²) in [5.41, 5.74) is 3.12. The molecule has 2 aliphatic rings. The normalized spacial score (nSPS) is 19.8. The van der Waals surface area contributed by atoms with Gasteiger partial charge in [0.2, 0.25) is 0 Å². The quantitative estimate of drug-likeness (QED) is 0.468. The lowest BCUT2D eigenvalue weighted by Gasteiger charge is -2.40. The molecule has 0 saturated carbocycles. The third kappa shape index (κ3) is 5.17. The second-order valence-electron chi connectivity index (χ2n) is 10.4. The summed E-state index contributed by atoms with van der Waals surface area (Å²) in [5.74, 6) is 0.0705. The van der Waals surface area contributed by atoms with E-state index in [2.05, 4.69) is 28.8 Å². The van der Waals surface area contributed by atoms with Crippen molar-refractivity contribution in [1.82, 2.24) is 24.6 Å². The highest BCUT2D eigenvalue weighted by atomic mass is 16.5. The lowest BCUT2D eigenvalue weighted by Crippen LogP contribution is -2.53. The first kappa shape index (κ1) is 25.9. The van der Waals surface area contributed by atoms with Crippen molar-refractivity contribution in [2.45, 2.75) is 58.0 Å². The lowest BCUT2D eigenvalue weighted by molar-refractivity contribution is 0.0505. The first-order valence-electron chi connectivity index (χ1n) is 13.7. The van der Waals surface area contributed by atoms with Crippen molar-refractivity contribution in [3.63, 3.8) is 0 Å². The number of amides is 1. The van der Waals surface area contributed by atoms with Gasteiger partial charge in [-0.25, -0.2) is 0 Å². The summed E-state index contributed by atoms with van der Waals surface area (Å²) in [6.07, 6.45) is 6.25. The minimum atomic E-state index is -0.141. The second kappa shape index (κ2) is 11.3. The number of aromatic amines is 1. The number of benzene rings is 1. The average molecular weight is 510 g/mol. The van der Waals surface area contributed by atoms with Crippen molar-refractivity contribution in [2.24, 2.45) is 0 Å². The van der Waals surface area contributed by atoms with Gasteiger partial charge in [-0.1, -0.05) is 6.92 Å². The zero-order valence-electron chi connectivity index (χ0n) is 22.3. The number of unbranched alkanes of at least 4 members (excludes halogenated alkanes) is 1. The number of nitrogens with one attached hydrogen (secondary N) is 1. The van der Waals surface area contributed by atoms with E-state index in [0.717, 1.165) is 79.5 Å². The highest BCUT2D eigenvalue weighted by Crippen LogP contribution is 2.30. The van der Waals surface area contributed by atoms with Crippen LogP contribution in [0.5, 0.6) is 0 Å². The number of fused-ring (bicyclic) bond motifs is 3. The third-order valence-electron chi connectivity index (χ3n) is 8.03. The molecule has 4 heterocycles. The molecule has 0 aliphatic carbocycles. The van der Waals surface area contributed by atoms with Crippen LogP contribution < -0.4 is 5.56 Å². The van der Waals surface area contributed by atoms with Crippen LogP contribution in [0.25, 0.3) is 21.8 Å². The van der Waals surface area contributed by atoms with Gasteiger partial charge in [0.15, 0.2) is 0 Å². The highest BCUT2D eigenvalue weighted by Gasteiger charge is 2.29. The van der Waals surface area contributed by atoms with Gasteiger partial charge in [-0.05, 0) is 63.3 Å². The van der Waals surface area contributed by atoms with E-state index < -0.39 is 0 Å². The molecule has 2 aromatic heterocycles. The Labute approximate surface area is 217 Å². The molecule has 0 spiro atoms. The topological polar surface area (TPSA) is 92.7 Å². The van der Waals surface area contributed by atoms with Crippen LogP contribution in [-0.4, -0.2) is 89.6 Å². The van der Waals surface area contributed by atoms with Crippen molar-refractivity contribution in [2.75, 3.05) is 53.1 Å². The van der Waals surface area contributed by atoms with E-state index in [1.807, 2.05) is 21.7 Å². The number of ether oxygens (including phenoxy) is 2. The van der Waals surface area contributed by atoms with E-state index in [1.54, 1.807) is 13.3 Å². The molecule has 9 heteroatoms. The largest absolute Gasteiger partial charge is 0.385 e. The minimum absolute atomic E-state index is 0.0705. The molecule has 9 nitrogen and oxygen atoms in total. The van der Waals surface area contributed by atoms with Crippen LogP contribution in [-0.2, 0) is 15.9 Å². The van der Waals surface area contributed by atoms with Crippen molar-refractivity contribution in [1.29, 1.82) is 0 Å². The van der Waals surface area contributed by atoms with Gasteiger partial charge in [0.05, 0.1) is 28.7 Å². The Morgan fingerprint density at radius 1 is 1.19 bits per heavy atom. The zero-order valence-corrected chi connectivity index (χ0v) is 22.3. The van der Waals surface area contributed by atoms with Gasteiger partial charge in [0.1, 0.15) is 0 Å². The summed E-state index contributed by atoms with van der Waals surface area (Å²) >= 11 is 0. The van der Waals surface area contributed by atoms with E-state index in [1.165, 1.54) is 0 Å². The maximum absolute atomic E-state index is 13.9. The van der Waals surface area contributed by atoms with Crippen LogP contribution in [0.15, 0.2) is 23.1 Å². The summed E-state index contributed by atoms with van der Waals surface area (Å²) < 4.78 is 12.7. The molecule has 200 valence electrons. The molecule has 1 amide bonds. The van der Waals surface area contributed by atoms with Gasteiger partial charge in [-0.3, -0.25) is 19.2 Å². The van der Waals surface area contributed by atoms with Crippen molar-refractivity contribution >= 4 is 27.7 Å². The summed E-state index contributed by atoms with van der Waals surface area (Å²) in [7, 11) is 1.74. The van der Waals surface area contributed by atoms with Gasteiger partial charge in [-0.2, -0.15) is 5.10 Å². The predicted octanol–water partition coefficient (Wildman–Crippen LogP) is 3.36. The standard InChI is InChI=1S/C28H39N5O4/c1-4-20-15-25-23(26-24(27(34)30-25)17-29-33(26)21-7-13-37-14-8-21)16-22(20)28(35)32-11-10-31(19(2)18-32)9-5-6-12-36-3/h15-17,19,21H,4-14,18H2,1-3H3,(H,30,34)/t19-/m1/s1. The third-order valence-corrected chi connectivity index (χ3v) is 8.03. The smallest absolute Gasteiger partial charge is 0.259 e. The molecule has 0 unspecified atom stereocenters. The van der Waals surface area contributed by atoms with Crippen molar-refractivity contribution in [3.05, 3.63) is 39.8 Å². The molecule has 5 rings (SSSR count). The van der Waals surface area contributed by atoms with E-state index in [4.69, 9.17) is 9.47 Å². The van der Waals surface area contributed by atoms with Crippen molar-refractivity contribution in [3.8, 4) is 0 Å². The van der Waals surface area contributed by atoms with E-state index in [0.29, 0.717) is 37.6 Å². The number of hydrogen-bond donors (Lipinski definition) is 1. The number of carbonyl (C=O) groups is 1. The zero-order chi connectivity index (χ0) is 25.9. The molecule has 2 aliphatic heterocycles. The van der Waals surface area contributed by atoms with Crippen LogP contribution in [0.2, 0.25) is 0 Å².